The van der Waals surface area contributed by atoms with Crippen molar-refractivity contribution in [2.45, 2.75) is 6.54 Å². The maximum absolute atomic E-state index is 12.1. The number of amides is 1. The molecule has 0 aliphatic carbocycles. The highest BCUT2D eigenvalue weighted by Crippen LogP contribution is 2.22. The van der Waals surface area contributed by atoms with Crippen molar-refractivity contribution >= 4 is 23.4 Å². The van der Waals surface area contributed by atoms with Crippen LogP contribution in [0.25, 0.3) is 6.08 Å². The highest BCUT2D eigenvalue weighted by Gasteiger charge is 2.04. The van der Waals surface area contributed by atoms with Crippen LogP contribution in [0, 0.1) is 0 Å². The molecule has 0 radical (unpaired) electrons. The summed E-state index contributed by atoms with van der Waals surface area (Å²) in [6, 6.07) is 19.6. The summed E-state index contributed by atoms with van der Waals surface area (Å²) in [5.41, 5.74) is 4.09. The fraction of sp³-hybridized carbons (Fsp3) is 0.130. The van der Waals surface area contributed by atoms with Gasteiger partial charge in [0.15, 0.2) is 0 Å². The van der Waals surface area contributed by atoms with Gasteiger partial charge in [-0.05, 0) is 53.6 Å². The number of aromatic nitrogens is 1. The van der Waals surface area contributed by atoms with Crippen molar-refractivity contribution in [1.82, 2.24) is 10.3 Å². The Morgan fingerprint density at radius 3 is 2.50 bits per heavy atom. The number of nitrogens with zero attached hydrogens (tertiary/aromatic N) is 2. The van der Waals surface area contributed by atoms with Gasteiger partial charge in [-0.2, -0.15) is 0 Å². The van der Waals surface area contributed by atoms with Crippen molar-refractivity contribution in [3.63, 3.8) is 0 Å². The Morgan fingerprint density at radius 1 is 1.07 bits per heavy atom. The third-order valence-corrected chi connectivity index (χ3v) is 4.36. The molecule has 0 aliphatic rings. The molecule has 1 aromatic heterocycles. The second kappa shape index (κ2) is 9.37. The molecule has 1 heterocycles. The summed E-state index contributed by atoms with van der Waals surface area (Å²) in [5.74, 6) is 0.625. The zero-order chi connectivity index (χ0) is 19.8. The van der Waals surface area contributed by atoms with Gasteiger partial charge in [-0.25, -0.2) is 0 Å². The second-order valence-corrected chi connectivity index (χ2v) is 6.26. The lowest BCUT2D eigenvalue weighted by Crippen LogP contribution is -2.20. The molecule has 0 unspecified atom stereocenters. The highest BCUT2D eigenvalue weighted by atomic mass is 16.5. The number of carbonyl (C=O) groups is 1. The largest absolute Gasteiger partial charge is 0.497 e. The maximum atomic E-state index is 12.1. The van der Waals surface area contributed by atoms with Gasteiger partial charge in [0.25, 0.3) is 0 Å². The first-order valence-corrected chi connectivity index (χ1v) is 8.98. The lowest BCUT2D eigenvalue weighted by atomic mass is 10.2. The number of methoxy groups -OCH3 is 1. The molecule has 0 fully saturated rings. The van der Waals surface area contributed by atoms with E-state index in [-0.39, 0.29) is 5.91 Å². The molecule has 0 aliphatic heterocycles. The number of anilines is 2. The van der Waals surface area contributed by atoms with E-state index in [1.54, 1.807) is 25.6 Å². The number of benzene rings is 2. The molecule has 5 nitrogen and oxygen atoms in total. The monoisotopic (exact) mass is 373 g/mol. The predicted molar refractivity (Wildman–Crippen MR) is 113 cm³/mol. The van der Waals surface area contributed by atoms with Crippen LogP contribution in [0.1, 0.15) is 11.1 Å². The van der Waals surface area contributed by atoms with Crippen LogP contribution in [-0.2, 0) is 11.3 Å². The first kappa shape index (κ1) is 19.2. The molecule has 0 saturated carbocycles. The van der Waals surface area contributed by atoms with E-state index in [1.807, 2.05) is 67.7 Å². The van der Waals surface area contributed by atoms with Gasteiger partial charge in [0, 0.05) is 43.4 Å². The van der Waals surface area contributed by atoms with Crippen LogP contribution in [0.5, 0.6) is 5.75 Å². The summed E-state index contributed by atoms with van der Waals surface area (Å²) in [6.45, 7) is 0.473. The smallest absolute Gasteiger partial charge is 0.244 e. The van der Waals surface area contributed by atoms with Gasteiger partial charge < -0.3 is 15.0 Å². The third-order valence-electron chi connectivity index (χ3n) is 4.36. The molecule has 3 aromatic rings. The zero-order valence-electron chi connectivity index (χ0n) is 16.0. The molecule has 0 atom stereocenters. The van der Waals surface area contributed by atoms with Gasteiger partial charge in [-0.3, -0.25) is 9.78 Å². The van der Waals surface area contributed by atoms with Crippen LogP contribution in [0.3, 0.4) is 0 Å². The Morgan fingerprint density at radius 2 is 1.79 bits per heavy atom. The second-order valence-electron chi connectivity index (χ2n) is 6.26. The van der Waals surface area contributed by atoms with Gasteiger partial charge >= 0.3 is 0 Å². The van der Waals surface area contributed by atoms with E-state index < -0.39 is 0 Å². The summed E-state index contributed by atoms with van der Waals surface area (Å²) in [7, 11) is 3.63. The number of pyridine rings is 1. The summed E-state index contributed by atoms with van der Waals surface area (Å²) in [5, 5.41) is 2.90. The lowest BCUT2D eigenvalue weighted by Gasteiger charge is -2.19. The molecule has 1 amide bonds. The van der Waals surface area contributed by atoms with Crippen molar-refractivity contribution in [2.75, 3.05) is 19.1 Å². The average molecular weight is 373 g/mol. The van der Waals surface area contributed by atoms with Crippen molar-refractivity contribution in [1.29, 1.82) is 0 Å². The van der Waals surface area contributed by atoms with Gasteiger partial charge in [0.05, 0.1) is 7.11 Å². The number of rotatable bonds is 7. The lowest BCUT2D eigenvalue weighted by molar-refractivity contribution is -0.116. The number of nitrogens with one attached hydrogen (secondary N) is 1. The molecule has 0 bridgehead atoms. The Bertz CT molecular complexity index is 938. The fourth-order valence-electron chi connectivity index (χ4n) is 2.72. The quantitative estimate of drug-likeness (QED) is 0.631. The van der Waals surface area contributed by atoms with Crippen LogP contribution in [-0.4, -0.2) is 25.0 Å². The Balaban J connectivity index is 1.54. The van der Waals surface area contributed by atoms with Crippen LogP contribution < -0.4 is 15.0 Å². The number of ether oxygens (including phenoxy) is 1. The molecule has 2 aromatic carbocycles. The summed E-state index contributed by atoms with van der Waals surface area (Å²) in [4.78, 5) is 18.2. The highest BCUT2D eigenvalue weighted by molar-refractivity contribution is 5.91. The zero-order valence-corrected chi connectivity index (χ0v) is 16.0. The fourth-order valence-corrected chi connectivity index (χ4v) is 2.72. The van der Waals surface area contributed by atoms with E-state index >= 15 is 0 Å². The number of carbonyl (C=O) groups excluding carboxylic acids is 1. The molecule has 5 heteroatoms. The standard InChI is InChI=1S/C23H23N3O2/c1-26(21-12-14-24-15-13-21)20-9-6-19(7-10-20)17-25-23(27)11-8-18-4-3-5-22(16-18)28-2/h3-16H,17H2,1-2H3,(H,25,27)/b11-8+. The molecule has 142 valence electrons. The summed E-state index contributed by atoms with van der Waals surface area (Å²) >= 11 is 0. The van der Waals surface area contributed by atoms with E-state index in [1.165, 1.54) is 6.08 Å². The molecular formula is C23H23N3O2. The van der Waals surface area contributed by atoms with Crippen molar-refractivity contribution in [2.24, 2.45) is 0 Å². The van der Waals surface area contributed by atoms with Crippen LogP contribution in [0.2, 0.25) is 0 Å². The van der Waals surface area contributed by atoms with Gasteiger partial charge in [-0.15, -0.1) is 0 Å². The first-order valence-electron chi connectivity index (χ1n) is 8.98. The topological polar surface area (TPSA) is 54.5 Å². The number of hydrogen-bond donors (Lipinski definition) is 1. The van der Waals surface area contributed by atoms with Crippen LogP contribution in [0.15, 0.2) is 79.1 Å². The minimum atomic E-state index is -0.138. The SMILES string of the molecule is COc1cccc(/C=C/C(=O)NCc2ccc(N(C)c3ccncc3)cc2)c1. The molecular weight excluding hydrogens is 350 g/mol. The van der Waals surface area contributed by atoms with E-state index in [0.717, 1.165) is 28.3 Å². The van der Waals surface area contributed by atoms with Crippen LogP contribution >= 0.6 is 0 Å². The van der Waals surface area contributed by atoms with E-state index in [4.69, 9.17) is 4.74 Å². The Labute approximate surface area is 165 Å². The van der Waals surface area contributed by atoms with Gasteiger partial charge in [-0.1, -0.05) is 24.3 Å². The minimum Gasteiger partial charge on any atom is -0.497 e. The van der Waals surface area contributed by atoms with Crippen molar-refractivity contribution < 1.29 is 9.53 Å². The van der Waals surface area contributed by atoms with Crippen molar-refractivity contribution in [3.8, 4) is 5.75 Å². The summed E-state index contributed by atoms with van der Waals surface area (Å²) in [6.07, 6.45) is 6.84. The third kappa shape index (κ3) is 5.20. The van der Waals surface area contributed by atoms with E-state index in [2.05, 4.69) is 15.2 Å². The minimum absolute atomic E-state index is 0.138. The molecule has 0 spiro atoms. The normalized spacial score (nSPS) is 10.6. The van der Waals surface area contributed by atoms with Gasteiger partial charge in [0.2, 0.25) is 5.91 Å². The van der Waals surface area contributed by atoms with Gasteiger partial charge in [0.1, 0.15) is 5.75 Å². The van der Waals surface area contributed by atoms with Crippen LogP contribution in [0.4, 0.5) is 11.4 Å². The van der Waals surface area contributed by atoms with E-state index in [0.29, 0.717) is 6.54 Å². The Hall–Kier alpha value is -3.60. The van der Waals surface area contributed by atoms with E-state index in [9.17, 15) is 4.79 Å². The number of hydrogen-bond acceptors (Lipinski definition) is 4. The molecule has 3 rings (SSSR count). The molecule has 1 N–H and O–H groups in total. The maximum Gasteiger partial charge on any atom is 0.244 e. The Kier molecular flexibility index (Phi) is 6.41. The predicted octanol–water partition coefficient (Wildman–Crippen LogP) is 4.19. The van der Waals surface area contributed by atoms with Crippen molar-refractivity contribution in [3.05, 3.63) is 90.3 Å². The average Bonchev–Trinajstić information content (AvgIpc) is 2.77. The first-order chi connectivity index (χ1) is 13.7. The summed E-state index contributed by atoms with van der Waals surface area (Å²) < 4.78 is 5.18. The molecule has 0 saturated heterocycles. The molecule has 28 heavy (non-hydrogen) atoms.